The fraction of sp³-hybridized carbons (Fsp3) is 0.167. The van der Waals surface area contributed by atoms with E-state index in [-0.39, 0.29) is 24.5 Å². The first-order valence-corrected chi connectivity index (χ1v) is 10.5. The normalized spacial score (nSPS) is 13.2. The minimum atomic E-state index is -1.31. The van der Waals surface area contributed by atoms with Crippen molar-refractivity contribution in [3.8, 4) is 11.1 Å². The summed E-state index contributed by atoms with van der Waals surface area (Å²) in [5, 5.41) is 11.8. The molecule has 0 unspecified atom stereocenters. The molecule has 0 spiro atoms. The minimum absolute atomic E-state index is 0.0683. The lowest BCUT2D eigenvalue weighted by molar-refractivity contribution is -0.139. The number of amides is 1. The first-order chi connectivity index (χ1) is 14.9. The van der Waals surface area contributed by atoms with Crippen molar-refractivity contribution in [2.24, 2.45) is 0 Å². The van der Waals surface area contributed by atoms with Crippen LogP contribution in [0.25, 0.3) is 11.1 Å². The molecule has 3 aromatic carbocycles. The van der Waals surface area contributed by atoms with Crippen LogP contribution in [-0.4, -0.2) is 29.8 Å². The van der Waals surface area contributed by atoms with Crippen LogP contribution in [0.5, 0.6) is 0 Å². The van der Waals surface area contributed by atoms with Gasteiger partial charge in [0.25, 0.3) is 0 Å². The number of carboxylic acids is 1. The lowest BCUT2D eigenvalue weighted by Gasteiger charge is -2.18. The average molecular weight is 484 g/mol. The molecule has 1 aliphatic rings. The van der Waals surface area contributed by atoms with Gasteiger partial charge in [-0.3, -0.25) is 0 Å². The van der Waals surface area contributed by atoms with Gasteiger partial charge in [-0.2, -0.15) is 0 Å². The molecule has 0 bridgehead atoms. The molecule has 1 atom stereocenters. The van der Waals surface area contributed by atoms with Crippen molar-refractivity contribution >= 4 is 28.0 Å². The summed E-state index contributed by atoms with van der Waals surface area (Å²) in [6.07, 6.45) is -1.05. The summed E-state index contributed by atoms with van der Waals surface area (Å²) in [5.41, 5.74) is 4.50. The van der Waals surface area contributed by atoms with E-state index in [4.69, 9.17) is 4.74 Å². The number of halogens is 2. The number of carboxylic acid groups (broad SMARTS) is 1. The maximum Gasteiger partial charge on any atom is 0.407 e. The van der Waals surface area contributed by atoms with Crippen LogP contribution in [0.1, 0.15) is 22.6 Å². The molecule has 5 nitrogen and oxygen atoms in total. The summed E-state index contributed by atoms with van der Waals surface area (Å²) in [6, 6.07) is 18.9. The number of ether oxygens (including phenoxy) is 1. The molecule has 2 N–H and O–H groups in total. The average Bonchev–Trinajstić information content (AvgIpc) is 3.07. The second-order valence-electron chi connectivity index (χ2n) is 7.30. The number of nitrogens with one attached hydrogen (secondary N) is 1. The number of carbonyl (C=O) groups excluding carboxylic acids is 1. The predicted octanol–water partition coefficient (Wildman–Crippen LogP) is 5.12. The molecular weight excluding hydrogens is 465 g/mol. The molecule has 1 amide bonds. The molecule has 1 aliphatic carbocycles. The molecule has 3 aromatic rings. The van der Waals surface area contributed by atoms with Gasteiger partial charge >= 0.3 is 12.1 Å². The highest BCUT2D eigenvalue weighted by atomic mass is 79.9. The molecule has 4 rings (SSSR count). The Bertz CT molecular complexity index is 1100. The Morgan fingerprint density at radius 1 is 1.03 bits per heavy atom. The number of rotatable bonds is 6. The Balaban J connectivity index is 1.44. The smallest absolute Gasteiger partial charge is 0.407 e. The van der Waals surface area contributed by atoms with Gasteiger partial charge in [-0.25, -0.2) is 14.0 Å². The SMILES string of the molecule is O=C(N[C@H](Cc1ccc(Br)cc1F)C(=O)O)OCC1c2ccccc2-c2ccccc21. The second kappa shape index (κ2) is 8.89. The number of fused-ring (bicyclic) bond motifs is 3. The van der Waals surface area contributed by atoms with E-state index in [2.05, 4.69) is 21.2 Å². The Morgan fingerprint density at radius 3 is 2.23 bits per heavy atom. The summed E-state index contributed by atoms with van der Waals surface area (Å²) in [6.45, 7) is 0.0683. The van der Waals surface area contributed by atoms with Crippen LogP contribution in [0.15, 0.2) is 71.2 Å². The fourth-order valence-electron chi connectivity index (χ4n) is 3.89. The fourth-order valence-corrected chi connectivity index (χ4v) is 4.22. The summed E-state index contributed by atoms with van der Waals surface area (Å²) in [5.74, 6) is -1.95. The van der Waals surface area contributed by atoms with Gasteiger partial charge in [0.05, 0.1) is 0 Å². The Hall–Kier alpha value is -3.19. The number of aliphatic carboxylic acids is 1. The highest BCUT2D eigenvalue weighted by Crippen LogP contribution is 2.44. The maximum atomic E-state index is 14.1. The van der Waals surface area contributed by atoms with E-state index in [1.165, 1.54) is 12.1 Å². The largest absolute Gasteiger partial charge is 0.480 e. The summed E-state index contributed by atoms with van der Waals surface area (Å²) >= 11 is 3.16. The van der Waals surface area contributed by atoms with Gasteiger partial charge in [-0.05, 0) is 39.9 Å². The zero-order valence-corrected chi connectivity index (χ0v) is 17.9. The van der Waals surface area contributed by atoms with Gasteiger partial charge in [-0.1, -0.05) is 70.5 Å². The van der Waals surface area contributed by atoms with Gasteiger partial charge in [-0.15, -0.1) is 0 Å². The van der Waals surface area contributed by atoms with Crippen LogP contribution in [-0.2, 0) is 16.0 Å². The topological polar surface area (TPSA) is 75.6 Å². The number of carbonyl (C=O) groups is 2. The van der Waals surface area contributed by atoms with Crippen molar-refractivity contribution in [2.45, 2.75) is 18.4 Å². The molecule has 0 saturated carbocycles. The lowest BCUT2D eigenvalue weighted by atomic mass is 9.98. The Morgan fingerprint density at radius 2 is 1.65 bits per heavy atom. The van der Waals surface area contributed by atoms with Crippen LogP contribution in [0.3, 0.4) is 0 Å². The first-order valence-electron chi connectivity index (χ1n) is 9.72. The Labute approximate surface area is 187 Å². The van der Waals surface area contributed by atoms with Gasteiger partial charge in [0.15, 0.2) is 0 Å². The van der Waals surface area contributed by atoms with Crippen molar-refractivity contribution in [2.75, 3.05) is 6.61 Å². The molecule has 0 aliphatic heterocycles. The maximum absolute atomic E-state index is 14.1. The van der Waals surface area contributed by atoms with Crippen LogP contribution in [0.4, 0.5) is 9.18 Å². The highest BCUT2D eigenvalue weighted by molar-refractivity contribution is 9.10. The van der Waals surface area contributed by atoms with E-state index in [1.54, 1.807) is 6.07 Å². The van der Waals surface area contributed by atoms with Gasteiger partial charge in [0.1, 0.15) is 18.5 Å². The monoisotopic (exact) mass is 483 g/mol. The quantitative estimate of drug-likeness (QED) is 0.509. The van der Waals surface area contributed by atoms with Crippen LogP contribution >= 0.6 is 15.9 Å². The van der Waals surface area contributed by atoms with Crippen molar-refractivity contribution in [3.63, 3.8) is 0 Å². The Kier molecular flexibility index (Phi) is 6.04. The molecule has 31 heavy (non-hydrogen) atoms. The molecule has 0 fully saturated rings. The standard InChI is InChI=1S/C24H19BrFNO4/c25-15-10-9-14(21(26)12-15)11-22(23(28)29)27-24(30)31-13-20-18-7-3-1-5-16(18)17-6-2-4-8-19(17)20/h1-10,12,20,22H,11,13H2,(H,27,30)(H,28,29)/t22-/m1/s1. The van der Waals surface area contributed by atoms with E-state index >= 15 is 0 Å². The third-order valence-electron chi connectivity index (χ3n) is 5.37. The van der Waals surface area contributed by atoms with E-state index in [9.17, 15) is 19.1 Å². The van der Waals surface area contributed by atoms with Crippen molar-refractivity contribution in [1.29, 1.82) is 0 Å². The summed E-state index contributed by atoms with van der Waals surface area (Å²) in [7, 11) is 0. The van der Waals surface area contributed by atoms with Gasteiger partial charge in [0, 0.05) is 16.8 Å². The molecule has 0 saturated heterocycles. The highest BCUT2D eigenvalue weighted by Gasteiger charge is 2.30. The third kappa shape index (κ3) is 4.46. The number of hydrogen-bond donors (Lipinski definition) is 2. The van der Waals surface area contributed by atoms with Crippen LogP contribution < -0.4 is 5.32 Å². The molecular formula is C24H19BrFNO4. The number of alkyl carbamates (subject to hydrolysis) is 1. The van der Waals surface area contributed by atoms with E-state index < -0.39 is 23.9 Å². The van der Waals surface area contributed by atoms with Crippen molar-refractivity contribution in [3.05, 3.63) is 93.7 Å². The molecule has 158 valence electrons. The van der Waals surface area contributed by atoms with Crippen LogP contribution in [0.2, 0.25) is 0 Å². The predicted molar refractivity (Wildman–Crippen MR) is 117 cm³/mol. The molecule has 0 radical (unpaired) electrons. The van der Waals surface area contributed by atoms with Crippen LogP contribution in [0, 0.1) is 5.82 Å². The van der Waals surface area contributed by atoms with E-state index in [0.717, 1.165) is 22.3 Å². The minimum Gasteiger partial charge on any atom is -0.480 e. The third-order valence-corrected chi connectivity index (χ3v) is 5.87. The van der Waals surface area contributed by atoms with E-state index in [1.807, 2.05) is 48.5 Å². The van der Waals surface area contributed by atoms with Gasteiger partial charge in [0.2, 0.25) is 0 Å². The zero-order chi connectivity index (χ0) is 22.0. The zero-order valence-electron chi connectivity index (χ0n) is 16.3. The van der Waals surface area contributed by atoms with E-state index in [0.29, 0.717) is 4.47 Å². The second-order valence-corrected chi connectivity index (χ2v) is 8.22. The first kappa shape index (κ1) is 21.1. The molecule has 0 aromatic heterocycles. The molecule has 7 heteroatoms. The van der Waals surface area contributed by atoms with Gasteiger partial charge < -0.3 is 15.2 Å². The van der Waals surface area contributed by atoms with Crippen molar-refractivity contribution in [1.82, 2.24) is 5.32 Å². The number of hydrogen-bond acceptors (Lipinski definition) is 3. The molecule has 0 heterocycles. The summed E-state index contributed by atoms with van der Waals surface area (Å²) in [4.78, 5) is 24.0. The number of benzene rings is 3. The lowest BCUT2D eigenvalue weighted by Crippen LogP contribution is -2.43. The summed E-state index contributed by atoms with van der Waals surface area (Å²) < 4.78 is 20.0. The van der Waals surface area contributed by atoms with Crippen molar-refractivity contribution < 1.29 is 23.8 Å².